The molecule has 0 bridgehead atoms. The topological polar surface area (TPSA) is 60.2 Å². The van der Waals surface area contributed by atoms with E-state index >= 15 is 0 Å². The Kier molecular flexibility index (Phi) is 4.71. The molecule has 4 rings (SSSR count). The van der Waals surface area contributed by atoms with E-state index in [4.69, 9.17) is 4.74 Å². The fourth-order valence-electron chi connectivity index (χ4n) is 3.45. The Labute approximate surface area is 168 Å². The number of likely N-dealkylation sites (tertiary alicyclic amines) is 1. The van der Waals surface area contributed by atoms with Crippen molar-refractivity contribution in [2.24, 2.45) is 0 Å². The maximum absolute atomic E-state index is 13.1. The molecule has 30 heavy (non-hydrogen) atoms. The van der Waals surface area contributed by atoms with Crippen molar-refractivity contribution in [2.45, 2.75) is 12.2 Å². The number of pyridine rings is 1. The molecule has 1 aromatic carbocycles. The van der Waals surface area contributed by atoms with Gasteiger partial charge in [-0.2, -0.15) is 18.3 Å². The van der Waals surface area contributed by atoms with Crippen LogP contribution in [-0.4, -0.2) is 45.8 Å². The van der Waals surface area contributed by atoms with Gasteiger partial charge in [-0.1, -0.05) is 18.7 Å². The number of aromatic nitrogens is 3. The molecular formula is C20H16F4N4O2. The van der Waals surface area contributed by atoms with Crippen molar-refractivity contribution in [3.8, 4) is 17.1 Å². The molecule has 6 nitrogen and oxygen atoms in total. The minimum absolute atomic E-state index is 0.211. The summed E-state index contributed by atoms with van der Waals surface area (Å²) in [5.41, 5.74) is 0.739. The maximum Gasteiger partial charge on any atom is 0.416 e. The van der Waals surface area contributed by atoms with Crippen LogP contribution < -0.4 is 4.74 Å². The van der Waals surface area contributed by atoms with Crippen LogP contribution in [0.2, 0.25) is 0 Å². The molecule has 10 heteroatoms. The Morgan fingerprint density at radius 3 is 2.43 bits per heavy atom. The smallest absolute Gasteiger partial charge is 0.416 e. The number of nitrogens with zero attached hydrogens (tertiary/aromatic N) is 4. The largest absolute Gasteiger partial charge is 0.479 e. The first-order valence-electron chi connectivity index (χ1n) is 8.93. The molecule has 0 saturated carbocycles. The van der Waals surface area contributed by atoms with Crippen molar-refractivity contribution in [3.05, 3.63) is 54.5 Å². The van der Waals surface area contributed by atoms with E-state index in [0.717, 1.165) is 12.1 Å². The molecule has 0 N–H and O–H groups in total. The van der Waals surface area contributed by atoms with Gasteiger partial charge in [0.05, 0.1) is 18.7 Å². The number of rotatable bonds is 4. The van der Waals surface area contributed by atoms with Crippen LogP contribution >= 0.6 is 0 Å². The molecule has 0 unspecified atom stereocenters. The van der Waals surface area contributed by atoms with Crippen molar-refractivity contribution in [3.63, 3.8) is 0 Å². The van der Waals surface area contributed by atoms with E-state index < -0.39 is 23.5 Å². The Morgan fingerprint density at radius 1 is 1.20 bits per heavy atom. The van der Waals surface area contributed by atoms with Gasteiger partial charge in [-0.15, -0.1) is 0 Å². The summed E-state index contributed by atoms with van der Waals surface area (Å²) in [6.07, 6.45) is -2.92. The zero-order valence-corrected chi connectivity index (χ0v) is 15.8. The summed E-state index contributed by atoms with van der Waals surface area (Å²) in [4.78, 5) is 17.2. The monoisotopic (exact) mass is 420 g/mol. The minimum atomic E-state index is -4.44. The van der Waals surface area contributed by atoms with E-state index in [1.54, 1.807) is 10.7 Å². The zero-order chi connectivity index (χ0) is 21.6. The van der Waals surface area contributed by atoms with Crippen molar-refractivity contribution >= 4 is 16.8 Å². The van der Waals surface area contributed by atoms with E-state index in [2.05, 4.69) is 16.7 Å². The number of fused-ring (bicyclic) bond motifs is 1. The molecule has 2 aromatic heterocycles. The number of carbonyl (C=O) groups excluding carboxylic acids is 1. The van der Waals surface area contributed by atoms with E-state index in [0.29, 0.717) is 22.2 Å². The summed E-state index contributed by atoms with van der Waals surface area (Å²) in [7, 11) is 1.45. The Morgan fingerprint density at radius 2 is 1.87 bits per heavy atom. The molecule has 3 heterocycles. The Bertz CT molecular complexity index is 1130. The predicted molar refractivity (Wildman–Crippen MR) is 100 cm³/mol. The van der Waals surface area contributed by atoms with Crippen LogP contribution in [0.25, 0.3) is 22.2 Å². The highest BCUT2D eigenvalue weighted by molar-refractivity contribution is 5.96. The van der Waals surface area contributed by atoms with Gasteiger partial charge in [0, 0.05) is 30.2 Å². The summed E-state index contributed by atoms with van der Waals surface area (Å²) in [5, 5.41) is 5.22. The van der Waals surface area contributed by atoms with Gasteiger partial charge >= 0.3 is 6.18 Å². The molecular weight excluding hydrogens is 404 g/mol. The van der Waals surface area contributed by atoms with Gasteiger partial charge in [0.25, 0.3) is 5.91 Å². The second kappa shape index (κ2) is 7.12. The second-order valence-electron chi connectivity index (χ2n) is 6.85. The predicted octanol–water partition coefficient (Wildman–Crippen LogP) is 3.99. The maximum atomic E-state index is 13.1. The Balaban J connectivity index is 1.76. The van der Waals surface area contributed by atoms with Crippen LogP contribution in [0.1, 0.15) is 11.6 Å². The number of alkyl halides is 3. The molecule has 1 fully saturated rings. The molecule has 1 aliphatic rings. The first-order valence-corrected chi connectivity index (χ1v) is 8.93. The highest BCUT2D eigenvalue weighted by Gasteiger charge is 2.36. The third kappa shape index (κ3) is 3.27. The first kappa shape index (κ1) is 19.9. The average Bonchev–Trinajstić information content (AvgIpc) is 3.05. The SMILES string of the molecule is C=C(F)C(=O)N1CC(n2nc(-c3ccc(C(F)(F)F)cc3)c3ccnc(OC)c32)C1. The third-order valence-corrected chi connectivity index (χ3v) is 4.99. The highest BCUT2D eigenvalue weighted by atomic mass is 19.4. The lowest BCUT2D eigenvalue weighted by molar-refractivity contribution is -0.137. The van der Waals surface area contributed by atoms with E-state index in [-0.39, 0.29) is 25.0 Å². The molecule has 0 atom stereocenters. The number of hydrogen-bond acceptors (Lipinski definition) is 4. The van der Waals surface area contributed by atoms with Gasteiger partial charge < -0.3 is 9.64 Å². The number of amides is 1. The summed E-state index contributed by atoms with van der Waals surface area (Å²) >= 11 is 0. The van der Waals surface area contributed by atoms with Crippen LogP contribution in [0.3, 0.4) is 0 Å². The number of benzene rings is 1. The lowest BCUT2D eigenvalue weighted by Gasteiger charge is -2.39. The molecule has 3 aromatic rings. The third-order valence-electron chi connectivity index (χ3n) is 4.99. The quantitative estimate of drug-likeness (QED) is 0.473. The molecule has 1 saturated heterocycles. The fourth-order valence-corrected chi connectivity index (χ4v) is 3.45. The van der Waals surface area contributed by atoms with Crippen molar-refractivity contribution in [1.82, 2.24) is 19.7 Å². The first-order chi connectivity index (χ1) is 14.2. The van der Waals surface area contributed by atoms with Gasteiger partial charge in [-0.05, 0) is 18.2 Å². The lowest BCUT2D eigenvalue weighted by atomic mass is 10.1. The number of methoxy groups -OCH3 is 1. The second-order valence-corrected chi connectivity index (χ2v) is 6.85. The van der Waals surface area contributed by atoms with Crippen LogP contribution in [0, 0.1) is 0 Å². The van der Waals surface area contributed by atoms with Crippen molar-refractivity contribution < 1.29 is 27.1 Å². The summed E-state index contributed by atoms with van der Waals surface area (Å²) in [5.74, 6) is -1.53. The normalized spacial score (nSPS) is 14.6. The number of halogens is 4. The van der Waals surface area contributed by atoms with E-state index in [9.17, 15) is 22.4 Å². The molecule has 156 valence electrons. The lowest BCUT2D eigenvalue weighted by Crippen LogP contribution is -2.51. The van der Waals surface area contributed by atoms with Gasteiger partial charge in [-0.25, -0.2) is 9.37 Å². The van der Waals surface area contributed by atoms with E-state index in [1.165, 1.54) is 30.3 Å². The average molecular weight is 420 g/mol. The van der Waals surface area contributed by atoms with Crippen molar-refractivity contribution in [1.29, 1.82) is 0 Å². The summed E-state index contributed by atoms with van der Waals surface area (Å²) < 4.78 is 58.7. The van der Waals surface area contributed by atoms with Gasteiger partial charge in [0.2, 0.25) is 5.88 Å². The minimum Gasteiger partial charge on any atom is -0.479 e. The highest BCUT2D eigenvalue weighted by Crippen LogP contribution is 2.37. The standard InChI is InChI=1S/C20H16F4N4O2/c1-11(21)19(29)27-9-14(10-27)28-17-15(7-8-25-18(17)30-2)16(26-28)12-3-5-13(6-4-12)20(22,23)24/h3-8,14H,1,9-10H2,2H3. The van der Waals surface area contributed by atoms with E-state index in [1.807, 2.05) is 0 Å². The van der Waals surface area contributed by atoms with Crippen LogP contribution in [0.4, 0.5) is 17.6 Å². The summed E-state index contributed by atoms with van der Waals surface area (Å²) in [6.45, 7) is 3.43. The zero-order valence-electron chi connectivity index (χ0n) is 15.8. The van der Waals surface area contributed by atoms with Crippen LogP contribution in [-0.2, 0) is 11.0 Å². The number of hydrogen-bond donors (Lipinski definition) is 0. The van der Waals surface area contributed by atoms with Gasteiger partial charge in [-0.3, -0.25) is 9.48 Å². The van der Waals surface area contributed by atoms with Crippen molar-refractivity contribution in [2.75, 3.05) is 20.2 Å². The Hall–Kier alpha value is -3.43. The summed E-state index contributed by atoms with van der Waals surface area (Å²) in [6, 6.07) is 6.12. The van der Waals surface area contributed by atoms with Gasteiger partial charge in [0.15, 0.2) is 5.83 Å². The number of ether oxygens (including phenoxy) is 1. The van der Waals surface area contributed by atoms with Gasteiger partial charge in [0.1, 0.15) is 11.2 Å². The molecule has 0 spiro atoms. The number of carbonyl (C=O) groups is 1. The van der Waals surface area contributed by atoms with Crippen LogP contribution in [0.5, 0.6) is 5.88 Å². The molecule has 1 aliphatic heterocycles. The molecule has 1 amide bonds. The van der Waals surface area contributed by atoms with Crippen LogP contribution in [0.15, 0.2) is 48.9 Å². The molecule has 0 radical (unpaired) electrons. The molecule has 0 aliphatic carbocycles. The fraction of sp³-hybridized carbons (Fsp3) is 0.250.